The van der Waals surface area contributed by atoms with Crippen LogP contribution in [0, 0.1) is 6.92 Å². The molecule has 72 valence electrons. The van der Waals surface area contributed by atoms with Crippen LogP contribution in [0.25, 0.3) is 0 Å². The van der Waals surface area contributed by atoms with Crippen LogP contribution in [0.2, 0.25) is 0 Å². The summed E-state index contributed by atoms with van der Waals surface area (Å²) in [6, 6.07) is 1.01. The second-order valence-electron chi connectivity index (χ2n) is 2.61. The summed E-state index contributed by atoms with van der Waals surface area (Å²) in [5.41, 5.74) is 0. The van der Waals surface area contributed by atoms with Crippen LogP contribution in [-0.2, 0) is 9.84 Å². The van der Waals surface area contributed by atoms with Crippen LogP contribution in [0.4, 0.5) is 0 Å². The SMILES string of the molecule is Cc1oc(C(=O)O)cc1S(C)(=O)=O. The normalized spacial score (nSPS) is 11.5. The summed E-state index contributed by atoms with van der Waals surface area (Å²) >= 11 is 0. The topological polar surface area (TPSA) is 84.6 Å². The Labute approximate surface area is 74.9 Å². The highest BCUT2D eigenvalue weighted by atomic mass is 32.2. The van der Waals surface area contributed by atoms with E-state index >= 15 is 0 Å². The van der Waals surface area contributed by atoms with Crippen LogP contribution in [0.3, 0.4) is 0 Å². The Balaban J connectivity index is 3.35. The molecule has 0 radical (unpaired) electrons. The molecule has 0 saturated carbocycles. The van der Waals surface area contributed by atoms with E-state index in [2.05, 4.69) is 0 Å². The van der Waals surface area contributed by atoms with Crippen molar-refractivity contribution in [3.8, 4) is 0 Å². The molecule has 0 aliphatic rings. The molecule has 0 saturated heterocycles. The Kier molecular flexibility index (Phi) is 2.17. The van der Waals surface area contributed by atoms with Crippen molar-refractivity contribution >= 4 is 15.8 Å². The molecule has 1 rings (SSSR count). The molecule has 0 aliphatic carbocycles. The average Bonchev–Trinajstić information content (AvgIpc) is 2.29. The third kappa shape index (κ3) is 1.89. The Hall–Kier alpha value is -1.30. The van der Waals surface area contributed by atoms with E-state index in [4.69, 9.17) is 9.52 Å². The lowest BCUT2D eigenvalue weighted by atomic mass is 10.4. The molecule has 0 aromatic carbocycles. The lowest BCUT2D eigenvalue weighted by Crippen LogP contribution is -1.97. The molecule has 0 aliphatic heterocycles. The first kappa shape index (κ1) is 9.79. The van der Waals surface area contributed by atoms with Gasteiger partial charge in [0.05, 0.1) is 0 Å². The first-order valence-electron chi connectivity index (χ1n) is 3.36. The number of carboxylic acid groups (broad SMARTS) is 1. The molecular weight excluding hydrogens is 196 g/mol. The van der Waals surface area contributed by atoms with Gasteiger partial charge in [0, 0.05) is 12.3 Å². The molecule has 0 spiro atoms. The highest BCUT2D eigenvalue weighted by Gasteiger charge is 2.19. The van der Waals surface area contributed by atoms with Crippen LogP contribution < -0.4 is 0 Å². The summed E-state index contributed by atoms with van der Waals surface area (Å²) in [5, 5.41) is 8.50. The van der Waals surface area contributed by atoms with Gasteiger partial charge in [-0.1, -0.05) is 0 Å². The zero-order valence-corrected chi connectivity index (χ0v) is 7.88. The van der Waals surface area contributed by atoms with Crippen molar-refractivity contribution in [2.75, 3.05) is 6.26 Å². The number of sulfone groups is 1. The Morgan fingerprint density at radius 1 is 1.54 bits per heavy atom. The smallest absolute Gasteiger partial charge is 0.371 e. The third-order valence-electron chi connectivity index (χ3n) is 1.48. The molecule has 0 unspecified atom stereocenters. The van der Waals surface area contributed by atoms with Gasteiger partial charge in [-0.15, -0.1) is 0 Å². The lowest BCUT2D eigenvalue weighted by Gasteiger charge is -1.90. The molecule has 1 heterocycles. The average molecular weight is 204 g/mol. The Bertz CT molecular complexity index is 439. The maximum absolute atomic E-state index is 11.0. The van der Waals surface area contributed by atoms with E-state index in [0.717, 1.165) is 12.3 Å². The van der Waals surface area contributed by atoms with E-state index in [1.54, 1.807) is 0 Å². The molecule has 0 fully saturated rings. The number of hydrogen-bond acceptors (Lipinski definition) is 4. The quantitative estimate of drug-likeness (QED) is 0.766. The molecule has 0 bridgehead atoms. The van der Waals surface area contributed by atoms with E-state index in [0.29, 0.717) is 0 Å². The van der Waals surface area contributed by atoms with Gasteiger partial charge in [0.2, 0.25) is 5.76 Å². The molecule has 5 nitrogen and oxygen atoms in total. The number of hydrogen-bond donors (Lipinski definition) is 1. The van der Waals surface area contributed by atoms with Crippen LogP contribution in [0.1, 0.15) is 16.3 Å². The standard InChI is InChI=1S/C7H8O5S/c1-4-6(13(2,10)11)3-5(12-4)7(8)9/h3H,1-2H3,(H,8,9). The van der Waals surface area contributed by atoms with E-state index in [9.17, 15) is 13.2 Å². The second-order valence-corrected chi connectivity index (χ2v) is 4.59. The first-order valence-corrected chi connectivity index (χ1v) is 5.25. The van der Waals surface area contributed by atoms with Gasteiger partial charge in [-0.2, -0.15) is 0 Å². The summed E-state index contributed by atoms with van der Waals surface area (Å²) in [6.07, 6.45) is 0.997. The fraction of sp³-hybridized carbons (Fsp3) is 0.286. The summed E-state index contributed by atoms with van der Waals surface area (Å²) in [6.45, 7) is 1.41. The van der Waals surface area contributed by atoms with Crippen LogP contribution in [0.5, 0.6) is 0 Å². The third-order valence-corrected chi connectivity index (χ3v) is 2.69. The van der Waals surface area contributed by atoms with E-state index in [1.807, 2.05) is 0 Å². The van der Waals surface area contributed by atoms with E-state index in [1.165, 1.54) is 6.92 Å². The van der Waals surface area contributed by atoms with Crippen LogP contribution in [0.15, 0.2) is 15.4 Å². The molecular formula is C7H8O5S. The van der Waals surface area contributed by atoms with Gasteiger partial charge in [-0.25, -0.2) is 13.2 Å². The number of carbonyl (C=O) groups is 1. The minimum Gasteiger partial charge on any atom is -0.475 e. The van der Waals surface area contributed by atoms with Crippen molar-refractivity contribution in [1.82, 2.24) is 0 Å². The molecule has 1 aromatic rings. The summed E-state index contributed by atoms with van der Waals surface area (Å²) in [5.74, 6) is -1.55. The fourth-order valence-corrected chi connectivity index (χ4v) is 1.82. The molecule has 0 atom stereocenters. The highest BCUT2D eigenvalue weighted by Crippen LogP contribution is 2.19. The van der Waals surface area contributed by atoms with Gasteiger partial charge in [0.15, 0.2) is 9.84 Å². The molecule has 6 heteroatoms. The van der Waals surface area contributed by atoms with Crippen molar-refractivity contribution in [2.24, 2.45) is 0 Å². The van der Waals surface area contributed by atoms with E-state index in [-0.39, 0.29) is 16.4 Å². The molecule has 13 heavy (non-hydrogen) atoms. The maximum Gasteiger partial charge on any atom is 0.371 e. The minimum absolute atomic E-state index is 0.0788. The maximum atomic E-state index is 11.0. The lowest BCUT2D eigenvalue weighted by molar-refractivity contribution is 0.0661. The molecule has 1 aromatic heterocycles. The Morgan fingerprint density at radius 2 is 2.08 bits per heavy atom. The molecule has 1 N–H and O–H groups in total. The van der Waals surface area contributed by atoms with Crippen molar-refractivity contribution < 1.29 is 22.7 Å². The van der Waals surface area contributed by atoms with E-state index < -0.39 is 15.8 Å². The van der Waals surface area contributed by atoms with Gasteiger partial charge in [0.1, 0.15) is 10.7 Å². The van der Waals surface area contributed by atoms with Gasteiger partial charge in [-0.3, -0.25) is 0 Å². The van der Waals surface area contributed by atoms with Gasteiger partial charge >= 0.3 is 5.97 Å². The largest absolute Gasteiger partial charge is 0.475 e. The zero-order valence-electron chi connectivity index (χ0n) is 7.07. The summed E-state index contributed by atoms with van der Waals surface area (Å²) in [4.78, 5) is 10.3. The zero-order chi connectivity index (χ0) is 10.2. The van der Waals surface area contributed by atoms with Crippen molar-refractivity contribution in [2.45, 2.75) is 11.8 Å². The predicted molar refractivity (Wildman–Crippen MR) is 43.5 cm³/mol. The summed E-state index contributed by atoms with van der Waals surface area (Å²) < 4.78 is 26.8. The predicted octanol–water partition coefficient (Wildman–Crippen LogP) is 0.690. The van der Waals surface area contributed by atoms with Crippen molar-refractivity contribution in [1.29, 1.82) is 0 Å². The highest BCUT2D eigenvalue weighted by molar-refractivity contribution is 7.90. The first-order chi connectivity index (χ1) is 5.82. The number of furan rings is 1. The number of aromatic carboxylic acids is 1. The van der Waals surface area contributed by atoms with Gasteiger partial charge in [-0.05, 0) is 6.92 Å². The fourth-order valence-electron chi connectivity index (χ4n) is 0.939. The second kappa shape index (κ2) is 2.88. The molecule has 0 amide bonds. The van der Waals surface area contributed by atoms with Gasteiger partial charge < -0.3 is 9.52 Å². The number of aryl methyl sites for hydroxylation is 1. The Morgan fingerprint density at radius 3 is 2.31 bits per heavy atom. The van der Waals surface area contributed by atoms with Crippen molar-refractivity contribution in [3.63, 3.8) is 0 Å². The van der Waals surface area contributed by atoms with Crippen LogP contribution >= 0.6 is 0 Å². The number of rotatable bonds is 2. The number of carboxylic acids is 1. The van der Waals surface area contributed by atoms with Crippen molar-refractivity contribution in [3.05, 3.63) is 17.6 Å². The summed E-state index contributed by atoms with van der Waals surface area (Å²) in [7, 11) is -3.40. The van der Waals surface area contributed by atoms with Crippen LogP contribution in [-0.4, -0.2) is 25.7 Å². The van der Waals surface area contributed by atoms with Gasteiger partial charge in [0.25, 0.3) is 0 Å². The monoisotopic (exact) mass is 204 g/mol. The minimum atomic E-state index is -3.40.